The van der Waals surface area contributed by atoms with Crippen LogP contribution in [-0.2, 0) is 20.8 Å². The number of hydrogen-bond donors (Lipinski definition) is 2. The second kappa shape index (κ2) is 9.64. The fourth-order valence-corrected chi connectivity index (χ4v) is 2.17. The highest BCUT2D eigenvalue weighted by Crippen LogP contribution is 2.04. The molecule has 0 aliphatic carbocycles. The molecule has 0 spiro atoms. The maximum atomic E-state index is 13.1. The Bertz CT molecular complexity index is 590. The molecule has 0 atom stereocenters. The highest BCUT2D eigenvalue weighted by molar-refractivity contribution is 5.86. The lowest BCUT2D eigenvalue weighted by Crippen LogP contribution is -2.43. The maximum absolute atomic E-state index is 13.1. The molecule has 6 nitrogen and oxygen atoms in total. The third kappa shape index (κ3) is 7.71. The van der Waals surface area contributed by atoms with E-state index in [1.807, 2.05) is 13.8 Å². The minimum atomic E-state index is -0.980. The number of benzene rings is 1. The second-order valence-corrected chi connectivity index (χ2v) is 5.96. The smallest absolute Gasteiger partial charge is 0.305 e. The number of amides is 2. The highest BCUT2D eigenvalue weighted by Gasteiger charge is 2.17. The molecule has 0 heterocycles. The van der Waals surface area contributed by atoms with E-state index in [9.17, 15) is 18.8 Å². The number of hydrogen-bond acceptors (Lipinski definition) is 3. The zero-order valence-corrected chi connectivity index (χ0v) is 13.9. The third-order valence-electron chi connectivity index (χ3n) is 3.22. The van der Waals surface area contributed by atoms with Crippen molar-refractivity contribution in [3.63, 3.8) is 0 Å². The van der Waals surface area contributed by atoms with Crippen molar-refractivity contribution in [3.05, 3.63) is 35.6 Å². The minimum absolute atomic E-state index is 0.0235. The Morgan fingerprint density at radius 2 is 2.00 bits per heavy atom. The zero-order chi connectivity index (χ0) is 18.1. The zero-order valence-electron chi connectivity index (χ0n) is 13.9. The summed E-state index contributed by atoms with van der Waals surface area (Å²) in [7, 11) is 0. The van der Waals surface area contributed by atoms with Gasteiger partial charge in [0.1, 0.15) is 5.82 Å². The normalized spacial score (nSPS) is 10.5. The number of carbonyl (C=O) groups excluding carboxylic acids is 2. The topological polar surface area (TPSA) is 86.7 Å². The summed E-state index contributed by atoms with van der Waals surface area (Å²) >= 11 is 0. The Hall–Kier alpha value is -2.44. The molecule has 0 aliphatic heterocycles. The summed E-state index contributed by atoms with van der Waals surface area (Å²) in [6.45, 7) is 4.16. The quantitative estimate of drug-likeness (QED) is 0.713. The Morgan fingerprint density at radius 3 is 2.58 bits per heavy atom. The van der Waals surface area contributed by atoms with E-state index in [0.29, 0.717) is 12.1 Å². The molecular formula is C17H23FN2O4. The predicted octanol–water partition coefficient (Wildman–Crippen LogP) is 1.44. The number of halogens is 1. The van der Waals surface area contributed by atoms with Crippen molar-refractivity contribution < 1.29 is 23.9 Å². The Labute approximate surface area is 140 Å². The van der Waals surface area contributed by atoms with Crippen LogP contribution in [0.4, 0.5) is 4.39 Å². The van der Waals surface area contributed by atoms with Crippen LogP contribution in [0.5, 0.6) is 0 Å². The predicted molar refractivity (Wildman–Crippen MR) is 86.8 cm³/mol. The maximum Gasteiger partial charge on any atom is 0.305 e. The van der Waals surface area contributed by atoms with Crippen molar-refractivity contribution in [3.8, 4) is 0 Å². The number of carbonyl (C=O) groups is 3. The largest absolute Gasteiger partial charge is 0.481 e. The Morgan fingerprint density at radius 1 is 1.29 bits per heavy atom. The number of aliphatic carboxylic acids is 1. The molecule has 0 bridgehead atoms. The fraction of sp³-hybridized carbons (Fsp3) is 0.471. The van der Waals surface area contributed by atoms with E-state index in [-0.39, 0.29) is 37.8 Å². The Kier molecular flexibility index (Phi) is 7.88. The van der Waals surface area contributed by atoms with Gasteiger partial charge in [-0.1, -0.05) is 26.0 Å². The number of nitrogens with zero attached hydrogens (tertiary/aromatic N) is 1. The van der Waals surface area contributed by atoms with Crippen LogP contribution in [0.3, 0.4) is 0 Å². The number of rotatable bonds is 9. The molecule has 0 aliphatic rings. The summed E-state index contributed by atoms with van der Waals surface area (Å²) in [5.41, 5.74) is 0.518. The van der Waals surface area contributed by atoms with Crippen molar-refractivity contribution in [1.29, 1.82) is 0 Å². The molecule has 0 radical (unpaired) electrons. The summed E-state index contributed by atoms with van der Waals surface area (Å²) in [5.74, 6) is -1.94. The lowest BCUT2D eigenvalue weighted by atomic mass is 10.1. The van der Waals surface area contributed by atoms with E-state index in [2.05, 4.69) is 5.32 Å². The van der Waals surface area contributed by atoms with Crippen LogP contribution in [0.2, 0.25) is 0 Å². The first kappa shape index (κ1) is 19.6. The van der Waals surface area contributed by atoms with Gasteiger partial charge in [0.25, 0.3) is 0 Å². The number of nitrogens with one attached hydrogen (secondary N) is 1. The van der Waals surface area contributed by atoms with Crippen LogP contribution < -0.4 is 5.32 Å². The first-order valence-corrected chi connectivity index (χ1v) is 7.78. The van der Waals surface area contributed by atoms with Gasteiger partial charge in [-0.25, -0.2) is 4.39 Å². The molecule has 2 N–H and O–H groups in total. The monoisotopic (exact) mass is 338 g/mol. The van der Waals surface area contributed by atoms with Gasteiger partial charge >= 0.3 is 5.97 Å². The van der Waals surface area contributed by atoms with Gasteiger partial charge in [0, 0.05) is 13.1 Å². The van der Waals surface area contributed by atoms with Crippen LogP contribution in [0.25, 0.3) is 0 Å². The third-order valence-corrected chi connectivity index (χ3v) is 3.22. The summed E-state index contributed by atoms with van der Waals surface area (Å²) in [6.07, 6.45) is -0.167. The molecule has 7 heteroatoms. The first-order valence-electron chi connectivity index (χ1n) is 7.78. The van der Waals surface area contributed by atoms with Gasteiger partial charge in [-0.15, -0.1) is 0 Å². The van der Waals surface area contributed by atoms with Crippen molar-refractivity contribution >= 4 is 17.8 Å². The minimum Gasteiger partial charge on any atom is -0.481 e. The van der Waals surface area contributed by atoms with Gasteiger partial charge in [0.2, 0.25) is 11.8 Å². The molecule has 0 unspecified atom stereocenters. The van der Waals surface area contributed by atoms with Crippen molar-refractivity contribution in [2.24, 2.45) is 5.92 Å². The lowest BCUT2D eigenvalue weighted by molar-refractivity contribution is -0.139. The average molecular weight is 338 g/mol. The molecule has 0 aromatic heterocycles. The number of carboxylic acids is 1. The van der Waals surface area contributed by atoms with Crippen LogP contribution >= 0.6 is 0 Å². The van der Waals surface area contributed by atoms with Crippen LogP contribution in [0.1, 0.15) is 25.8 Å². The molecule has 0 fully saturated rings. The van der Waals surface area contributed by atoms with Crippen molar-refractivity contribution in [2.45, 2.75) is 26.7 Å². The van der Waals surface area contributed by atoms with Gasteiger partial charge in [0.05, 0.1) is 19.4 Å². The molecule has 1 aromatic rings. The summed E-state index contributed by atoms with van der Waals surface area (Å²) in [4.78, 5) is 36.1. The van der Waals surface area contributed by atoms with Gasteiger partial charge in [-0.05, 0) is 23.6 Å². The van der Waals surface area contributed by atoms with Gasteiger partial charge in [0.15, 0.2) is 0 Å². The van der Waals surface area contributed by atoms with Crippen molar-refractivity contribution in [2.75, 3.05) is 19.6 Å². The average Bonchev–Trinajstić information content (AvgIpc) is 2.48. The van der Waals surface area contributed by atoms with Gasteiger partial charge in [-0.3, -0.25) is 14.4 Å². The van der Waals surface area contributed by atoms with E-state index in [4.69, 9.17) is 5.11 Å². The van der Waals surface area contributed by atoms with E-state index >= 15 is 0 Å². The second-order valence-electron chi connectivity index (χ2n) is 5.96. The van der Waals surface area contributed by atoms with Crippen molar-refractivity contribution in [1.82, 2.24) is 10.2 Å². The standard InChI is InChI=1S/C17H23FN2O4/c1-12(2)11-20(7-6-17(23)24)16(22)10-19-15(21)9-13-4-3-5-14(18)8-13/h3-5,8,12H,6-7,9-11H2,1-2H3,(H,19,21)(H,23,24). The number of carboxylic acid groups (broad SMARTS) is 1. The molecule has 132 valence electrons. The van der Waals surface area contributed by atoms with E-state index < -0.39 is 17.7 Å². The molecule has 2 amide bonds. The van der Waals surface area contributed by atoms with Gasteiger partial charge < -0.3 is 15.3 Å². The van der Waals surface area contributed by atoms with Crippen LogP contribution in [0, 0.1) is 11.7 Å². The SMILES string of the molecule is CC(C)CN(CCC(=O)O)C(=O)CNC(=O)Cc1cccc(F)c1. The van der Waals surface area contributed by atoms with Crippen LogP contribution in [-0.4, -0.2) is 47.4 Å². The highest BCUT2D eigenvalue weighted by atomic mass is 19.1. The van der Waals surface area contributed by atoms with E-state index in [1.54, 1.807) is 6.07 Å². The fourth-order valence-electron chi connectivity index (χ4n) is 2.17. The molecule has 0 saturated heterocycles. The summed E-state index contributed by atoms with van der Waals surface area (Å²) < 4.78 is 13.1. The molecule has 24 heavy (non-hydrogen) atoms. The summed E-state index contributed by atoms with van der Waals surface area (Å²) in [5, 5.41) is 11.2. The first-order chi connectivity index (χ1) is 11.3. The van der Waals surface area contributed by atoms with Gasteiger partial charge in [-0.2, -0.15) is 0 Å². The summed E-state index contributed by atoms with van der Waals surface area (Å²) in [6, 6.07) is 5.69. The molecule has 1 rings (SSSR count). The molecular weight excluding hydrogens is 315 g/mol. The van der Waals surface area contributed by atoms with Crippen LogP contribution in [0.15, 0.2) is 24.3 Å². The molecule has 0 saturated carbocycles. The van der Waals surface area contributed by atoms with E-state index in [1.165, 1.54) is 23.1 Å². The van der Waals surface area contributed by atoms with E-state index in [0.717, 1.165) is 0 Å². The Balaban J connectivity index is 2.50. The lowest BCUT2D eigenvalue weighted by Gasteiger charge is -2.24. The molecule has 1 aromatic carbocycles.